The Hall–Kier alpha value is -6.43. The molecule has 5 heteroatoms. The molecule has 0 N–H and O–H groups in total. The van der Waals surface area contributed by atoms with Crippen LogP contribution in [0.15, 0.2) is 168 Å². The van der Waals surface area contributed by atoms with Crippen molar-refractivity contribution in [3.8, 4) is 56.4 Å². The number of aromatic nitrogens is 3. The molecule has 0 spiro atoms. The predicted octanol–water partition coefficient (Wildman–Crippen LogP) is 12.5. The van der Waals surface area contributed by atoms with Crippen molar-refractivity contribution in [3.63, 3.8) is 0 Å². The third kappa shape index (κ3) is 4.71. The molecule has 10 aromatic rings. The molecule has 0 unspecified atom stereocenters. The van der Waals surface area contributed by atoms with Crippen LogP contribution in [-0.2, 0) is 0 Å². The molecule has 0 aliphatic carbocycles. The van der Waals surface area contributed by atoms with Crippen molar-refractivity contribution < 1.29 is 11.3 Å². The van der Waals surface area contributed by atoms with Gasteiger partial charge in [-0.15, -0.1) is 11.3 Å². The Bertz CT molecular complexity index is 3130. The molecule has 3 aromatic heterocycles. The molecule has 0 atom stereocenters. The highest BCUT2D eigenvalue weighted by Crippen LogP contribution is 2.42. The lowest BCUT2D eigenvalue weighted by atomic mass is 10.0. The third-order valence-electron chi connectivity index (χ3n) is 9.04. The summed E-state index contributed by atoms with van der Waals surface area (Å²) < 4.78 is 50.5. The fraction of sp³-hybridized carbons (Fsp3) is 0. The number of hydrogen-bond donors (Lipinski definition) is 0. The van der Waals surface area contributed by atoms with E-state index in [1.54, 1.807) is 0 Å². The smallest absolute Gasteiger partial charge is 0.167 e. The average molecular weight is 663 g/mol. The zero-order valence-corrected chi connectivity index (χ0v) is 27.2. The summed E-state index contributed by atoms with van der Waals surface area (Å²) in [5, 5.41) is 3.83. The molecule has 10 rings (SSSR count). The van der Waals surface area contributed by atoms with E-state index in [-0.39, 0.29) is 29.7 Å². The minimum absolute atomic E-state index is 0.189. The molecule has 0 aliphatic rings. The van der Waals surface area contributed by atoms with Crippen molar-refractivity contribution in [3.05, 3.63) is 164 Å². The van der Waals surface area contributed by atoms with Crippen LogP contribution in [0.1, 0.15) is 6.85 Å². The number of hydrogen-bond acceptors (Lipinski definition) is 5. The van der Waals surface area contributed by atoms with Crippen LogP contribution in [0.5, 0.6) is 0 Å². The van der Waals surface area contributed by atoms with Crippen molar-refractivity contribution in [2.75, 3.05) is 0 Å². The van der Waals surface area contributed by atoms with Crippen LogP contribution in [0.25, 0.3) is 98.5 Å². The first-order valence-corrected chi connectivity index (χ1v) is 17.0. The topological polar surface area (TPSA) is 51.8 Å². The minimum atomic E-state index is -0.410. The molecule has 0 radical (unpaired) electrons. The maximum atomic E-state index is 8.65. The lowest BCUT2D eigenvalue weighted by molar-refractivity contribution is 0.670. The van der Waals surface area contributed by atoms with Crippen LogP contribution in [0, 0.1) is 0 Å². The SMILES string of the molecule is [2H]c1c([2H])c([2H])c(-c2cccc3c2sc2ccc(-c4nc(-c5ccccc5)nc(-c5cccc6c5oc5c(-c7ccccc7)cccc56)n4)cc23)c([2H])c1[2H]. The van der Waals surface area contributed by atoms with Crippen molar-refractivity contribution >= 4 is 53.4 Å². The number of para-hydroxylation sites is 2. The van der Waals surface area contributed by atoms with E-state index in [2.05, 4.69) is 42.5 Å². The Morgan fingerprint density at radius 1 is 0.440 bits per heavy atom. The summed E-state index contributed by atoms with van der Waals surface area (Å²) >= 11 is 1.52. The van der Waals surface area contributed by atoms with Crippen LogP contribution in [0.4, 0.5) is 0 Å². The normalized spacial score (nSPS) is 13.0. The van der Waals surface area contributed by atoms with Gasteiger partial charge < -0.3 is 4.42 Å². The summed E-state index contributed by atoms with van der Waals surface area (Å²) in [6, 6.07) is 42.5. The van der Waals surface area contributed by atoms with Crippen LogP contribution >= 0.6 is 11.3 Å². The number of fused-ring (bicyclic) bond motifs is 6. The lowest BCUT2D eigenvalue weighted by Gasteiger charge is -2.09. The van der Waals surface area contributed by atoms with Gasteiger partial charge >= 0.3 is 0 Å². The second kappa shape index (κ2) is 11.6. The van der Waals surface area contributed by atoms with Gasteiger partial charge in [0.15, 0.2) is 17.5 Å². The second-order valence-corrected chi connectivity index (χ2v) is 13.1. The van der Waals surface area contributed by atoms with Crippen LogP contribution < -0.4 is 0 Å². The highest BCUT2D eigenvalue weighted by atomic mass is 32.1. The number of furan rings is 1. The minimum Gasteiger partial charge on any atom is -0.455 e. The van der Waals surface area contributed by atoms with Gasteiger partial charge in [0.2, 0.25) is 0 Å². The molecule has 0 bridgehead atoms. The van der Waals surface area contributed by atoms with E-state index >= 15 is 0 Å². The standard InChI is InChI=1S/C45H27N3OS/c1-4-13-28(14-5-1)32-19-10-21-34-35-22-12-24-37(41(35)49-40(32)34)45-47-43(30-17-8-3-9-18-30)46-44(48-45)31-25-26-39-38(27-31)36-23-11-20-33(42(36)50-39)29-15-6-2-7-16-29/h1-27H/i2D,6D,7D,15D,16D. The Balaban J connectivity index is 1.17. The molecule has 3 heterocycles. The average Bonchev–Trinajstić information content (AvgIpc) is 3.81. The van der Waals surface area contributed by atoms with E-state index in [1.165, 1.54) is 11.3 Å². The predicted molar refractivity (Wildman–Crippen MR) is 207 cm³/mol. The van der Waals surface area contributed by atoms with Gasteiger partial charge in [-0.2, -0.15) is 0 Å². The molecule has 0 saturated heterocycles. The summed E-state index contributed by atoms with van der Waals surface area (Å²) in [5.74, 6) is 1.50. The second-order valence-electron chi connectivity index (χ2n) is 12.0. The lowest BCUT2D eigenvalue weighted by Crippen LogP contribution is -2.00. The monoisotopic (exact) mass is 662 g/mol. The molecular formula is C45H27N3OS. The van der Waals surface area contributed by atoms with Crippen molar-refractivity contribution in [2.24, 2.45) is 0 Å². The number of thiophene rings is 1. The van der Waals surface area contributed by atoms with Gasteiger partial charge in [-0.25, -0.2) is 15.0 Å². The van der Waals surface area contributed by atoms with Crippen molar-refractivity contribution in [2.45, 2.75) is 0 Å². The van der Waals surface area contributed by atoms with Gasteiger partial charge in [-0.1, -0.05) is 139 Å². The van der Waals surface area contributed by atoms with Gasteiger partial charge in [0.1, 0.15) is 11.2 Å². The maximum absolute atomic E-state index is 8.65. The summed E-state index contributed by atoms with van der Waals surface area (Å²) in [6.07, 6.45) is 0. The number of rotatable bonds is 5. The third-order valence-corrected chi connectivity index (χ3v) is 10.3. The molecule has 0 fully saturated rings. The molecule has 0 saturated carbocycles. The van der Waals surface area contributed by atoms with Gasteiger partial charge in [-0.3, -0.25) is 0 Å². The first-order valence-electron chi connectivity index (χ1n) is 18.7. The van der Waals surface area contributed by atoms with Gasteiger partial charge in [0.25, 0.3) is 0 Å². The van der Waals surface area contributed by atoms with Crippen molar-refractivity contribution in [1.82, 2.24) is 15.0 Å². The molecule has 0 amide bonds. The van der Waals surface area contributed by atoms with Crippen LogP contribution in [0.2, 0.25) is 0 Å². The van der Waals surface area contributed by atoms with E-state index in [1.807, 2.05) is 91.0 Å². The number of benzene rings is 7. The number of nitrogens with zero attached hydrogens (tertiary/aromatic N) is 3. The summed E-state index contributed by atoms with van der Waals surface area (Å²) in [6.45, 7) is 0. The van der Waals surface area contributed by atoms with Crippen LogP contribution in [0.3, 0.4) is 0 Å². The molecule has 7 aromatic carbocycles. The molecule has 0 aliphatic heterocycles. The largest absolute Gasteiger partial charge is 0.455 e. The van der Waals surface area contributed by atoms with E-state index < -0.39 is 6.04 Å². The summed E-state index contributed by atoms with van der Waals surface area (Å²) in [4.78, 5) is 15.1. The van der Waals surface area contributed by atoms with Crippen LogP contribution in [-0.4, -0.2) is 15.0 Å². The molecule has 234 valence electrons. The highest BCUT2D eigenvalue weighted by molar-refractivity contribution is 7.26. The fourth-order valence-corrected chi connectivity index (χ4v) is 7.91. The van der Waals surface area contributed by atoms with Gasteiger partial charge in [-0.05, 0) is 41.0 Å². The molecular weight excluding hydrogens is 631 g/mol. The van der Waals surface area contributed by atoms with E-state index in [0.29, 0.717) is 28.6 Å². The highest BCUT2D eigenvalue weighted by Gasteiger charge is 2.20. The van der Waals surface area contributed by atoms with Crippen molar-refractivity contribution in [1.29, 1.82) is 0 Å². The van der Waals surface area contributed by atoms with E-state index in [9.17, 15) is 0 Å². The Morgan fingerprint density at radius 3 is 1.78 bits per heavy atom. The Morgan fingerprint density at radius 2 is 1.04 bits per heavy atom. The van der Waals surface area contributed by atoms with E-state index in [4.69, 9.17) is 26.2 Å². The van der Waals surface area contributed by atoms with Gasteiger partial charge in [0.05, 0.1) is 12.4 Å². The Labute approximate surface area is 299 Å². The first kappa shape index (κ1) is 23.8. The van der Waals surface area contributed by atoms with E-state index in [0.717, 1.165) is 64.3 Å². The fourth-order valence-electron chi connectivity index (χ4n) is 6.70. The molecule has 4 nitrogen and oxygen atoms in total. The maximum Gasteiger partial charge on any atom is 0.167 e. The zero-order valence-electron chi connectivity index (χ0n) is 31.4. The molecule has 50 heavy (non-hydrogen) atoms. The van der Waals surface area contributed by atoms with Gasteiger partial charge in [0, 0.05) is 47.6 Å². The quantitative estimate of drug-likeness (QED) is 0.184. The Kier molecular flexibility index (Phi) is 5.54. The first-order chi connectivity index (χ1) is 26.9. The summed E-state index contributed by atoms with van der Waals surface area (Å²) in [7, 11) is 0. The zero-order chi connectivity index (χ0) is 37.4. The summed E-state index contributed by atoms with van der Waals surface area (Å²) in [5.41, 5.74) is 6.73.